The maximum absolute atomic E-state index is 14.1. The number of nitrogens with zero attached hydrogens (tertiary/aromatic N) is 5. The van der Waals surface area contributed by atoms with E-state index >= 15 is 0 Å². The lowest BCUT2D eigenvalue weighted by Crippen LogP contribution is -2.49. The molecule has 11 heteroatoms. The van der Waals surface area contributed by atoms with Crippen LogP contribution in [0.1, 0.15) is 18.9 Å². The van der Waals surface area contributed by atoms with Gasteiger partial charge in [0.1, 0.15) is 30.2 Å². The van der Waals surface area contributed by atoms with Crippen LogP contribution in [0.2, 0.25) is 5.02 Å². The fraction of sp³-hybridized carbons (Fsp3) is 0.381. The van der Waals surface area contributed by atoms with Crippen LogP contribution in [0.4, 0.5) is 10.2 Å². The summed E-state index contributed by atoms with van der Waals surface area (Å²) >= 11 is 5.82. The molecule has 2 aromatic heterocycles. The van der Waals surface area contributed by atoms with E-state index in [1.165, 1.54) is 18.7 Å². The van der Waals surface area contributed by atoms with Crippen molar-refractivity contribution in [2.75, 3.05) is 5.73 Å². The van der Waals surface area contributed by atoms with Crippen LogP contribution in [0.5, 0.6) is 0 Å². The minimum absolute atomic E-state index is 0.00138. The Bertz CT molecular complexity index is 1230. The molecular weight excluding hydrogens is 437 g/mol. The number of nitrogens with one attached hydrogen (secondary N) is 1. The zero-order valence-electron chi connectivity index (χ0n) is 17.2. The first kappa shape index (κ1) is 20.6. The number of halogens is 2. The minimum atomic E-state index is -0.606. The number of imidazole rings is 1. The number of nitrogen functional groups attached to an aromatic ring is 1. The number of piperidine rings is 1. The summed E-state index contributed by atoms with van der Waals surface area (Å²) < 4.78 is 15.8. The maximum atomic E-state index is 14.1. The van der Waals surface area contributed by atoms with Crippen LogP contribution in [-0.2, 0) is 22.7 Å². The number of benzene rings is 1. The minimum Gasteiger partial charge on any atom is -0.382 e. The van der Waals surface area contributed by atoms with E-state index in [9.17, 15) is 14.0 Å². The number of aromatic nitrogens is 4. The van der Waals surface area contributed by atoms with E-state index < -0.39 is 11.9 Å². The molecule has 1 aromatic carbocycles. The van der Waals surface area contributed by atoms with Crippen molar-refractivity contribution >= 4 is 40.4 Å². The van der Waals surface area contributed by atoms with Gasteiger partial charge in [-0.15, -0.1) is 0 Å². The fourth-order valence-corrected chi connectivity index (χ4v) is 4.91. The predicted octanol–water partition coefficient (Wildman–Crippen LogP) is 1.75. The average molecular weight is 458 g/mol. The molecule has 4 atom stereocenters. The second-order valence-corrected chi connectivity index (χ2v) is 8.71. The topological polar surface area (TPSA) is 119 Å². The summed E-state index contributed by atoms with van der Waals surface area (Å²) in [6.45, 7) is 2.05. The molecule has 3 heterocycles. The maximum Gasteiger partial charge on any atom is 0.243 e. The summed E-state index contributed by atoms with van der Waals surface area (Å²) in [6.07, 6.45) is 3.40. The smallest absolute Gasteiger partial charge is 0.243 e. The lowest BCUT2D eigenvalue weighted by Gasteiger charge is -2.28. The van der Waals surface area contributed by atoms with Gasteiger partial charge in [-0.2, -0.15) is 0 Å². The molecule has 0 bridgehead atoms. The molecule has 0 spiro atoms. The van der Waals surface area contributed by atoms with Crippen LogP contribution in [0, 0.1) is 17.7 Å². The van der Waals surface area contributed by atoms with E-state index in [4.69, 9.17) is 17.3 Å². The highest BCUT2D eigenvalue weighted by Gasteiger charge is 2.61. The molecule has 3 N–H and O–H groups in total. The van der Waals surface area contributed by atoms with Gasteiger partial charge in [-0.25, -0.2) is 19.3 Å². The van der Waals surface area contributed by atoms with E-state index in [-0.39, 0.29) is 47.7 Å². The van der Waals surface area contributed by atoms with Crippen LogP contribution < -0.4 is 11.1 Å². The van der Waals surface area contributed by atoms with Gasteiger partial charge in [0.15, 0.2) is 11.5 Å². The SMILES string of the molecule is C[C@H]1C2C[C@@H](C(=O)NCc3cccc(Cl)c3F)N(C(=O)Cn3cnc4c(N)ncnc43)C21. The third-order valence-corrected chi connectivity index (χ3v) is 6.77. The monoisotopic (exact) mass is 457 g/mol. The molecule has 2 aliphatic rings. The van der Waals surface area contributed by atoms with E-state index in [0.717, 1.165) is 0 Å². The van der Waals surface area contributed by atoms with Crippen molar-refractivity contribution in [1.82, 2.24) is 29.7 Å². The van der Waals surface area contributed by atoms with Crippen molar-refractivity contribution in [3.8, 4) is 0 Å². The summed E-state index contributed by atoms with van der Waals surface area (Å²) in [5.41, 5.74) is 7.01. The third kappa shape index (κ3) is 3.35. The highest BCUT2D eigenvalue weighted by molar-refractivity contribution is 6.30. The van der Waals surface area contributed by atoms with Gasteiger partial charge in [0, 0.05) is 18.2 Å². The molecule has 1 saturated heterocycles. The predicted molar refractivity (Wildman–Crippen MR) is 115 cm³/mol. The van der Waals surface area contributed by atoms with E-state index in [1.54, 1.807) is 21.6 Å². The molecular formula is C21H21ClFN7O2. The van der Waals surface area contributed by atoms with Crippen molar-refractivity contribution in [3.05, 3.63) is 47.3 Å². The number of fused-ring (bicyclic) bond motifs is 2. The first-order valence-corrected chi connectivity index (χ1v) is 10.7. The van der Waals surface area contributed by atoms with Gasteiger partial charge in [-0.05, 0) is 24.3 Å². The summed E-state index contributed by atoms with van der Waals surface area (Å²) in [7, 11) is 0. The third-order valence-electron chi connectivity index (χ3n) is 6.47. The number of likely N-dealkylation sites (tertiary alicyclic amines) is 1. The Labute approximate surface area is 187 Å². The number of nitrogens with two attached hydrogens (primary N) is 1. The highest BCUT2D eigenvalue weighted by Crippen LogP contribution is 2.53. The van der Waals surface area contributed by atoms with Crippen molar-refractivity contribution in [2.24, 2.45) is 11.8 Å². The lowest BCUT2D eigenvalue weighted by atomic mass is 10.1. The second-order valence-electron chi connectivity index (χ2n) is 8.30. The van der Waals surface area contributed by atoms with Crippen molar-refractivity contribution in [3.63, 3.8) is 0 Å². The van der Waals surface area contributed by atoms with Crippen LogP contribution >= 0.6 is 11.6 Å². The van der Waals surface area contributed by atoms with Gasteiger partial charge in [0.05, 0.1) is 11.3 Å². The van der Waals surface area contributed by atoms with Gasteiger partial charge in [0.2, 0.25) is 11.8 Å². The summed E-state index contributed by atoms with van der Waals surface area (Å²) in [5.74, 6) is -0.199. The molecule has 2 fully saturated rings. The zero-order chi connectivity index (χ0) is 22.6. The largest absolute Gasteiger partial charge is 0.382 e. The van der Waals surface area contributed by atoms with E-state index in [2.05, 4.69) is 27.2 Å². The Morgan fingerprint density at radius 1 is 1.31 bits per heavy atom. The Morgan fingerprint density at radius 3 is 2.94 bits per heavy atom. The van der Waals surface area contributed by atoms with E-state index in [1.807, 2.05) is 0 Å². The van der Waals surface area contributed by atoms with Gasteiger partial charge in [-0.3, -0.25) is 9.59 Å². The molecule has 3 aromatic rings. The van der Waals surface area contributed by atoms with Gasteiger partial charge in [-0.1, -0.05) is 30.7 Å². The van der Waals surface area contributed by atoms with Crippen LogP contribution in [-0.4, -0.2) is 48.3 Å². The summed E-state index contributed by atoms with van der Waals surface area (Å²) in [6, 6.07) is 4.06. The van der Waals surface area contributed by atoms with Crippen molar-refractivity contribution in [1.29, 1.82) is 0 Å². The number of carbonyl (C=O) groups is 2. The molecule has 2 unspecified atom stereocenters. The van der Waals surface area contributed by atoms with Crippen molar-refractivity contribution < 1.29 is 14.0 Å². The standard InChI is InChI=1S/C21H21ClFN7O2/c1-10-12-5-14(21(32)25-6-11-3-2-4-13(22)16(11)23)30(18(10)12)15(31)7-29-9-28-17-19(24)26-8-27-20(17)29/h2-4,8-10,12,14,18H,5-7H2,1H3,(H,25,32)(H2,24,26,27)/t10-,12?,14-,18?/m0/s1. The molecule has 2 amide bonds. The quantitative estimate of drug-likeness (QED) is 0.602. The normalized spacial score (nSPS) is 23.9. The Morgan fingerprint density at radius 2 is 2.12 bits per heavy atom. The lowest BCUT2D eigenvalue weighted by molar-refractivity contribution is -0.140. The summed E-state index contributed by atoms with van der Waals surface area (Å²) in [5, 5.41) is 2.76. The second kappa shape index (κ2) is 7.70. The van der Waals surface area contributed by atoms with E-state index in [0.29, 0.717) is 29.1 Å². The first-order chi connectivity index (χ1) is 15.4. The number of amides is 2. The van der Waals surface area contributed by atoms with Gasteiger partial charge < -0.3 is 20.5 Å². The summed E-state index contributed by atoms with van der Waals surface area (Å²) in [4.78, 5) is 40.1. The molecule has 32 heavy (non-hydrogen) atoms. The van der Waals surface area contributed by atoms with Crippen LogP contribution in [0.3, 0.4) is 0 Å². The fourth-order valence-electron chi connectivity index (χ4n) is 4.72. The number of rotatable bonds is 5. The zero-order valence-corrected chi connectivity index (χ0v) is 18.0. The van der Waals surface area contributed by atoms with Gasteiger partial charge in [0.25, 0.3) is 0 Å². The number of anilines is 1. The Balaban J connectivity index is 1.32. The molecule has 166 valence electrons. The molecule has 1 aliphatic carbocycles. The molecule has 1 saturated carbocycles. The van der Waals surface area contributed by atoms with Gasteiger partial charge >= 0.3 is 0 Å². The Hall–Kier alpha value is -3.27. The number of hydrogen-bond acceptors (Lipinski definition) is 6. The average Bonchev–Trinajstić information content (AvgIpc) is 3.11. The molecule has 9 nitrogen and oxygen atoms in total. The molecule has 5 rings (SSSR count). The first-order valence-electron chi connectivity index (χ1n) is 10.3. The highest BCUT2D eigenvalue weighted by atomic mass is 35.5. The molecule has 0 radical (unpaired) electrons. The van der Waals surface area contributed by atoms with Crippen LogP contribution in [0.25, 0.3) is 11.2 Å². The van der Waals surface area contributed by atoms with Crippen LogP contribution in [0.15, 0.2) is 30.9 Å². The van der Waals surface area contributed by atoms with Crippen molar-refractivity contribution in [2.45, 2.75) is 38.5 Å². The number of carbonyl (C=O) groups excluding carboxylic acids is 2. The number of hydrogen-bond donors (Lipinski definition) is 2. The Kier molecular flexibility index (Phi) is 4.96. The molecule has 1 aliphatic heterocycles.